The van der Waals surface area contributed by atoms with Crippen LogP contribution in [0.3, 0.4) is 0 Å². The summed E-state index contributed by atoms with van der Waals surface area (Å²) in [5.41, 5.74) is 5.81. The van der Waals surface area contributed by atoms with Crippen molar-refractivity contribution in [3.05, 3.63) is 78.0 Å². The number of nitrogens with zero attached hydrogens (tertiary/aromatic N) is 1. The first-order valence-electron chi connectivity index (χ1n) is 14.8. The van der Waals surface area contributed by atoms with Gasteiger partial charge in [-0.2, -0.15) is 13.2 Å². The van der Waals surface area contributed by atoms with E-state index in [1.807, 2.05) is 24.4 Å². The van der Waals surface area contributed by atoms with Crippen molar-refractivity contribution in [1.29, 1.82) is 0 Å². The summed E-state index contributed by atoms with van der Waals surface area (Å²) >= 11 is 0. The first-order chi connectivity index (χ1) is 19.8. The van der Waals surface area contributed by atoms with Crippen LogP contribution in [0.4, 0.5) is 13.2 Å². The molecule has 3 rings (SSSR count). The molecule has 3 aromatic rings. The fourth-order valence-corrected chi connectivity index (χ4v) is 4.47. The van der Waals surface area contributed by atoms with Gasteiger partial charge in [0.15, 0.2) is 6.10 Å². The highest BCUT2D eigenvalue weighted by atomic mass is 19.4. The van der Waals surface area contributed by atoms with Gasteiger partial charge in [0.25, 0.3) is 0 Å². The third kappa shape index (κ3) is 11.3. The number of carbonyl (C=O) groups excluding carboxylic acids is 1. The van der Waals surface area contributed by atoms with E-state index in [2.05, 4.69) is 42.2 Å². The summed E-state index contributed by atoms with van der Waals surface area (Å²) in [7, 11) is 0. The van der Waals surface area contributed by atoms with Crippen molar-refractivity contribution in [2.45, 2.75) is 90.3 Å². The summed E-state index contributed by atoms with van der Waals surface area (Å²) in [5, 5.41) is 0. The number of carbonyl (C=O) groups is 1. The summed E-state index contributed by atoms with van der Waals surface area (Å²) in [6.07, 6.45) is 5.78. The molecule has 1 aromatic heterocycles. The molecule has 0 spiro atoms. The number of unbranched alkanes of at least 4 members (excludes halogenated alkanes) is 7. The SMILES string of the molecule is CCCCCCc1ccc(-c2ccc(-c3ccc(C(=O)OCCCCCCCOC(C)C(F)(F)F)cc3)nc2)cc1. The summed E-state index contributed by atoms with van der Waals surface area (Å²) in [4.78, 5) is 17.0. The lowest BCUT2D eigenvalue weighted by atomic mass is 10.0. The van der Waals surface area contributed by atoms with Crippen LogP contribution in [-0.2, 0) is 15.9 Å². The number of pyridine rings is 1. The molecule has 1 unspecified atom stereocenters. The van der Waals surface area contributed by atoms with Gasteiger partial charge in [-0.25, -0.2) is 4.79 Å². The largest absolute Gasteiger partial charge is 0.462 e. The van der Waals surface area contributed by atoms with Gasteiger partial charge >= 0.3 is 12.1 Å². The molecule has 0 N–H and O–H groups in total. The van der Waals surface area contributed by atoms with Crippen LogP contribution < -0.4 is 0 Å². The number of esters is 1. The van der Waals surface area contributed by atoms with Gasteiger partial charge in [-0.3, -0.25) is 4.98 Å². The number of benzene rings is 2. The van der Waals surface area contributed by atoms with Crippen molar-refractivity contribution in [2.75, 3.05) is 13.2 Å². The molecule has 0 aliphatic rings. The Morgan fingerprint density at radius 3 is 2.00 bits per heavy atom. The zero-order valence-electron chi connectivity index (χ0n) is 24.2. The van der Waals surface area contributed by atoms with Gasteiger partial charge in [0, 0.05) is 23.9 Å². The third-order valence-corrected chi connectivity index (χ3v) is 7.14. The van der Waals surface area contributed by atoms with E-state index in [0.717, 1.165) is 55.0 Å². The first kappa shape index (κ1) is 32.3. The minimum absolute atomic E-state index is 0.0957. The number of aryl methyl sites for hydroxylation is 1. The minimum atomic E-state index is -4.31. The van der Waals surface area contributed by atoms with Gasteiger partial charge in [-0.15, -0.1) is 0 Å². The maximum Gasteiger partial charge on any atom is 0.414 e. The van der Waals surface area contributed by atoms with Gasteiger partial charge in [0.05, 0.1) is 17.9 Å². The fourth-order valence-electron chi connectivity index (χ4n) is 4.47. The Labute approximate surface area is 242 Å². The summed E-state index contributed by atoms with van der Waals surface area (Å²) < 4.78 is 47.4. The molecular formula is C34H42F3NO3. The molecule has 41 heavy (non-hydrogen) atoms. The summed E-state index contributed by atoms with van der Waals surface area (Å²) in [5.74, 6) is -0.372. The van der Waals surface area contributed by atoms with E-state index >= 15 is 0 Å². The van der Waals surface area contributed by atoms with Crippen LogP contribution in [0.2, 0.25) is 0 Å². The zero-order valence-corrected chi connectivity index (χ0v) is 24.2. The topological polar surface area (TPSA) is 48.4 Å². The lowest BCUT2D eigenvalue weighted by Gasteiger charge is -2.16. The highest BCUT2D eigenvalue weighted by molar-refractivity contribution is 5.90. The Morgan fingerprint density at radius 2 is 1.37 bits per heavy atom. The standard InChI is InChI=1S/C34H42F3NO3/c1-3-4-5-9-12-27-13-15-28(16-14-27)31-21-22-32(38-25-31)29-17-19-30(20-18-29)33(39)41-24-11-8-6-7-10-23-40-26(2)34(35,36)37/h13-22,25-26H,3-12,23-24H2,1-2H3. The van der Waals surface area contributed by atoms with Crippen LogP contribution in [-0.4, -0.2) is 36.4 Å². The summed E-state index contributed by atoms with van der Waals surface area (Å²) in [6, 6.07) is 20.0. The van der Waals surface area contributed by atoms with Crippen molar-refractivity contribution >= 4 is 5.97 Å². The predicted molar refractivity (Wildman–Crippen MR) is 158 cm³/mol. The number of ether oxygens (including phenoxy) is 2. The molecule has 4 nitrogen and oxygen atoms in total. The molecule has 7 heteroatoms. The van der Waals surface area contributed by atoms with Gasteiger partial charge in [-0.05, 0) is 61.9 Å². The van der Waals surface area contributed by atoms with Gasteiger partial charge < -0.3 is 9.47 Å². The lowest BCUT2D eigenvalue weighted by molar-refractivity contribution is -0.214. The molecule has 0 aliphatic carbocycles. The second-order valence-corrected chi connectivity index (χ2v) is 10.5. The second-order valence-electron chi connectivity index (χ2n) is 10.5. The molecule has 0 bridgehead atoms. The van der Waals surface area contributed by atoms with Gasteiger partial charge in [0.1, 0.15) is 0 Å². The highest BCUT2D eigenvalue weighted by Gasteiger charge is 2.36. The van der Waals surface area contributed by atoms with E-state index in [4.69, 9.17) is 9.47 Å². The normalized spacial score (nSPS) is 12.3. The molecule has 0 amide bonds. The Morgan fingerprint density at radius 1 is 0.756 bits per heavy atom. The third-order valence-electron chi connectivity index (χ3n) is 7.14. The van der Waals surface area contributed by atoms with E-state index in [0.29, 0.717) is 25.0 Å². The second kappa shape index (κ2) is 16.9. The Kier molecular flexibility index (Phi) is 13.3. The fraction of sp³-hybridized carbons (Fsp3) is 0.471. The average Bonchev–Trinajstić information content (AvgIpc) is 2.98. The van der Waals surface area contributed by atoms with E-state index in [1.165, 1.54) is 31.2 Å². The predicted octanol–water partition coefficient (Wildman–Crippen LogP) is 9.61. The van der Waals surface area contributed by atoms with E-state index in [9.17, 15) is 18.0 Å². The molecule has 0 fully saturated rings. The molecule has 222 valence electrons. The molecule has 1 atom stereocenters. The molecular weight excluding hydrogens is 527 g/mol. The average molecular weight is 570 g/mol. The number of alkyl halides is 3. The van der Waals surface area contributed by atoms with E-state index in [-0.39, 0.29) is 12.6 Å². The number of hydrogen-bond donors (Lipinski definition) is 0. The number of rotatable bonds is 17. The summed E-state index contributed by atoms with van der Waals surface area (Å²) in [6.45, 7) is 3.65. The molecule has 0 radical (unpaired) electrons. The van der Waals surface area contributed by atoms with Crippen LogP contribution in [0, 0.1) is 0 Å². The highest BCUT2D eigenvalue weighted by Crippen LogP contribution is 2.25. The van der Waals surface area contributed by atoms with E-state index < -0.39 is 12.3 Å². The quantitative estimate of drug-likeness (QED) is 0.120. The maximum absolute atomic E-state index is 12.4. The van der Waals surface area contributed by atoms with Crippen molar-refractivity contribution < 1.29 is 27.4 Å². The molecule has 0 aliphatic heterocycles. The molecule has 0 saturated carbocycles. The van der Waals surface area contributed by atoms with Crippen molar-refractivity contribution in [2.24, 2.45) is 0 Å². The maximum atomic E-state index is 12.4. The number of halogens is 3. The monoisotopic (exact) mass is 569 g/mol. The van der Waals surface area contributed by atoms with Crippen LogP contribution in [0.5, 0.6) is 0 Å². The lowest BCUT2D eigenvalue weighted by Crippen LogP contribution is -2.28. The van der Waals surface area contributed by atoms with Crippen LogP contribution >= 0.6 is 0 Å². The molecule has 2 aromatic carbocycles. The van der Waals surface area contributed by atoms with E-state index in [1.54, 1.807) is 12.1 Å². The molecule has 1 heterocycles. The van der Waals surface area contributed by atoms with Crippen LogP contribution in [0.15, 0.2) is 66.9 Å². The Balaban J connectivity index is 1.36. The number of aromatic nitrogens is 1. The minimum Gasteiger partial charge on any atom is -0.462 e. The van der Waals surface area contributed by atoms with Crippen LogP contribution in [0.25, 0.3) is 22.4 Å². The smallest absolute Gasteiger partial charge is 0.414 e. The van der Waals surface area contributed by atoms with Crippen LogP contribution in [0.1, 0.15) is 87.6 Å². The van der Waals surface area contributed by atoms with Crippen molar-refractivity contribution in [3.63, 3.8) is 0 Å². The molecule has 0 saturated heterocycles. The van der Waals surface area contributed by atoms with Crippen molar-refractivity contribution in [1.82, 2.24) is 4.98 Å². The van der Waals surface area contributed by atoms with Gasteiger partial charge in [0.2, 0.25) is 0 Å². The zero-order chi connectivity index (χ0) is 29.5. The Hall–Kier alpha value is -3.19. The number of hydrogen-bond acceptors (Lipinski definition) is 4. The Bertz CT molecular complexity index is 1160. The van der Waals surface area contributed by atoms with Gasteiger partial charge in [-0.1, -0.05) is 87.9 Å². The van der Waals surface area contributed by atoms with Crippen molar-refractivity contribution in [3.8, 4) is 22.4 Å². The first-order valence-corrected chi connectivity index (χ1v) is 14.8.